The molecule has 0 aromatic heterocycles. The van der Waals surface area contributed by atoms with E-state index in [4.69, 9.17) is 5.11 Å². The zero-order valence-electron chi connectivity index (χ0n) is 10.9. The van der Waals surface area contributed by atoms with Gasteiger partial charge in [0.1, 0.15) is 5.54 Å². The van der Waals surface area contributed by atoms with Gasteiger partial charge < -0.3 is 5.11 Å². The van der Waals surface area contributed by atoms with Gasteiger partial charge in [0, 0.05) is 12.4 Å². The predicted molar refractivity (Wildman–Crippen MR) is 72.9 cm³/mol. The van der Waals surface area contributed by atoms with Crippen molar-refractivity contribution in [3.8, 4) is 6.07 Å². The topological polar surface area (TPSA) is 56.0 Å². The monoisotopic (exact) mass is 256 g/mol. The smallest absolute Gasteiger partial charge is 0.118 e. The number of hydrogen-bond acceptors (Lipinski definition) is 4. The van der Waals surface area contributed by atoms with Crippen LogP contribution < -0.4 is 5.32 Å². The van der Waals surface area contributed by atoms with Crippen molar-refractivity contribution in [2.24, 2.45) is 11.8 Å². The van der Waals surface area contributed by atoms with E-state index in [0.717, 1.165) is 24.5 Å². The fourth-order valence-electron chi connectivity index (χ4n) is 1.87. The van der Waals surface area contributed by atoms with Crippen molar-refractivity contribution in [1.29, 1.82) is 5.26 Å². The van der Waals surface area contributed by atoms with Crippen molar-refractivity contribution in [2.45, 2.75) is 38.6 Å². The standard InChI is InChI=1S/C13H24N2OS/c1-3-6-15-13(9-14,12-4-5-12)10-17-8-11(2)7-16/h11-12,15-16H,3-8,10H2,1-2H3. The molecule has 0 aliphatic heterocycles. The summed E-state index contributed by atoms with van der Waals surface area (Å²) in [6, 6.07) is 2.51. The highest BCUT2D eigenvalue weighted by molar-refractivity contribution is 7.99. The van der Waals surface area contributed by atoms with Gasteiger partial charge in [0.15, 0.2) is 0 Å². The number of aliphatic hydroxyl groups excluding tert-OH is 1. The summed E-state index contributed by atoms with van der Waals surface area (Å²) in [6.07, 6.45) is 3.43. The van der Waals surface area contributed by atoms with Crippen molar-refractivity contribution < 1.29 is 5.11 Å². The summed E-state index contributed by atoms with van der Waals surface area (Å²) in [5.74, 6) is 2.64. The first-order valence-electron chi connectivity index (χ1n) is 6.53. The van der Waals surface area contributed by atoms with Crippen LogP contribution in [0.15, 0.2) is 0 Å². The Bertz CT molecular complexity index is 263. The third kappa shape index (κ3) is 4.50. The van der Waals surface area contributed by atoms with Gasteiger partial charge in [0.25, 0.3) is 0 Å². The van der Waals surface area contributed by atoms with Crippen LogP contribution in [0.25, 0.3) is 0 Å². The van der Waals surface area contributed by atoms with Crippen molar-refractivity contribution in [3.05, 3.63) is 0 Å². The molecule has 0 bridgehead atoms. The van der Waals surface area contributed by atoms with E-state index in [1.165, 1.54) is 12.8 Å². The van der Waals surface area contributed by atoms with Gasteiger partial charge in [-0.3, -0.25) is 5.32 Å². The van der Waals surface area contributed by atoms with Crippen molar-refractivity contribution in [1.82, 2.24) is 5.32 Å². The lowest BCUT2D eigenvalue weighted by molar-refractivity contribution is 0.250. The van der Waals surface area contributed by atoms with Crippen LogP contribution in [-0.2, 0) is 0 Å². The quantitative estimate of drug-likeness (QED) is 0.662. The van der Waals surface area contributed by atoms with Gasteiger partial charge >= 0.3 is 0 Å². The Morgan fingerprint density at radius 1 is 1.59 bits per heavy atom. The molecule has 1 aliphatic rings. The van der Waals surface area contributed by atoms with E-state index in [9.17, 15) is 5.26 Å². The molecule has 4 heteroatoms. The Balaban J connectivity index is 2.43. The van der Waals surface area contributed by atoms with Gasteiger partial charge in [-0.05, 0) is 43.4 Å². The number of nitriles is 1. The Kier molecular flexibility index (Phi) is 6.32. The Hall–Kier alpha value is -0.240. The second kappa shape index (κ2) is 7.25. The maximum atomic E-state index is 9.46. The van der Waals surface area contributed by atoms with Gasteiger partial charge in [-0.2, -0.15) is 17.0 Å². The Labute approximate surface area is 109 Å². The molecule has 0 saturated heterocycles. The lowest BCUT2D eigenvalue weighted by atomic mass is 9.97. The second-order valence-electron chi connectivity index (χ2n) is 5.09. The normalized spacial score (nSPS) is 20.6. The van der Waals surface area contributed by atoms with E-state index in [1.807, 2.05) is 6.92 Å². The molecule has 1 fully saturated rings. The maximum absolute atomic E-state index is 9.46. The van der Waals surface area contributed by atoms with Gasteiger partial charge in [0.05, 0.1) is 6.07 Å². The Morgan fingerprint density at radius 3 is 2.76 bits per heavy atom. The van der Waals surface area contributed by atoms with E-state index in [1.54, 1.807) is 11.8 Å². The first-order valence-corrected chi connectivity index (χ1v) is 7.69. The molecule has 2 N–H and O–H groups in total. The molecule has 0 aromatic carbocycles. The second-order valence-corrected chi connectivity index (χ2v) is 6.12. The van der Waals surface area contributed by atoms with E-state index in [0.29, 0.717) is 11.8 Å². The lowest BCUT2D eigenvalue weighted by Gasteiger charge is -2.28. The molecule has 98 valence electrons. The molecule has 17 heavy (non-hydrogen) atoms. The minimum Gasteiger partial charge on any atom is -0.396 e. The molecule has 0 aromatic rings. The summed E-state index contributed by atoms with van der Waals surface area (Å²) in [4.78, 5) is 0. The molecular weight excluding hydrogens is 232 g/mol. The summed E-state index contributed by atoms with van der Waals surface area (Å²) in [5, 5.41) is 21.9. The minimum absolute atomic E-state index is 0.234. The number of hydrogen-bond donors (Lipinski definition) is 2. The van der Waals surface area contributed by atoms with E-state index in [2.05, 4.69) is 18.3 Å². The van der Waals surface area contributed by atoms with E-state index >= 15 is 0 Å². The third-order valence-corrected chi connectivity index (χ3v) is 4.67. The highest BCUT2D eigenvalue weighted by atomic mass is 32.2. The number of aliphatic hydroxyl groups is 1. The van der Waals surface area contributed by atoms with Crippen LogP contribution in [0.1, 0.15) is 33.1 Å². The summed E-state index contributed by atoms with van der Waals surface area (Å²) in [6.45, 7) is 5.32. The van der Waals surface area contributed by atoms with Crippen LogP contribution in [0.4, 0.5) is 0 Å². The van der Waals surface area contributed by atoms with Crippen LogP contribution in [-0.4, -0.2) is 35.3 Å². The van der Waals surface area contributed by atoms with Crippen LogP contribution in [0.3, 0.4) is 0 Å². The van der Waals surface area contributed by atoms with Crippen LogP contribution in [0, 0.1) is 23.2 Å². The van der Waals surface area contributed by atoms with Gasteiger partial charge in [0.2, 0.25) is 0 Å². The fraction of sp³-hybridized carbons (Fsp3) is 0.923. The molecule has 2 unspecified atom stereocenters. The summed E-state index contributed by atoms with van der Waals surface area (Å²) in [7, 11) is 0. The van der Waals surface area contributed by atoms with Crippen LogP contribution in [0.5, 0.6) is 0 Å². The highest BCUT2D eigenvalue weighted by Gasteiger charge is 2.45. The molecule has 2 atom stereocenters. The SMILES string of the molecule is CCCNC(C#N)(CSCC(C)CO)C1CC1. The van der Waals surface area contributed by atoms with Crippen molar-refractivity contribution in [3.63, 3.8) is 0 Å². The third-order valence-electron chi connectivity index (χ3n) is 3.21. The zero-order chi connectivity index (χ0) is 12.7. The molecular formula is C13H24N2OS. The van der Waals surface area contributed by atoms with E-state index in [-0.39, 0.29) is 12.1 Å². The molecule has 1 aliphatic carbocycles. The Morgan fingerprint density at radius 2 is 2.29 bits per heavy atom. The number of thioether (sulfide) groups is 1. The van der Waals surface area contributed by atoms with E-state index < -0.39 is 0 Å². The average Bonchev–Trinajstić information content (AvgIpc) is 3.18. The molecule has 3 nitrogen and oxygen atoms in total. The largest absolute Gasteiger partial charge is 0.396 e. The maximum Gasteiger partial charge on any atom is 0.118 e. The van der Waals surface area contributed by atoms with Gasteiger partial charge in [-0.15, -0.1) is 0 Å². The summed E-state index contributed by atoms with van der Waals surface area (Å²) >= 11 is 1.79. The number of rotatable bonds is 9. The lowest BCUT2D eigenvalue weighted by Crippen LogP contribution is -2.49. The minimum atomic E-state index is -0.324. The first-order chi connectivity index (χ1) is 8.18. The van der Waals surface area contributed by atoms with Gasteiger partial charge in [-0.1, -0.05) is 13.8 Å². The highest BCUT2D eigenvalue weighted by Crippen LogP contribution is 2.41. The molecule has 0 radical (unpaired) electrons. The molecule has 1 saturated carbocycles. The number of nitrogens with zero attached hydrogens (tertiary/aromatic N) is 1. The predicted octanol–water partition coefficient (Wildman–Crippen LogP) is 2.02. The zero-order valence-corrected chi connectivity index (χ0v) is 11.7. The van der Waals surface area contributed by atoms with Crippen LogP contribution >= 0.6 is 11.8 Å². The molecule has 0 heterocycles. The average molecular weight is 256 g/mol. The van der Waals surface area contributed by atoms with Crippen molar-refractivity contribution in [2.75, 3.05) is 24.7 Å². The van der Waals surface area contributed by atoms with Crippen LogP contribution in [0.2, 0.25) is 0 Å². The summed E-state index contributed by atoms with van der Waals surface area (Å²) in [5.41, 5.74) is -0.324. The van der Waals surface area contributed by atoms with Crippen molar-refractivity contribution >= 4 is 11.8 Å². The number of nitrogens with one attached hydrogen (secondary N) is 1. The molecule has 1 rings (SSSR count). The molecule has 0 spiro atoms. The first kappa shape index (κ1) is 14.8. The summed E-state index contributed by atoms with van der Waals surface area (Å²) < 4.78 is 0. The fourth-order valence-corrected chi connectivity index (χ4v) is 3.22. The molecule has 0 amide bonds. The van der Waals surface area contributed by atoms with Gasteiger partial charge in [-0.25, -0.2) is 0 Å².